The number of anilines is 1. The van der Waals surface area contributed by atoms with E-state index in [2.05, 4.69) is 10.2 Å². The summed E-state index contributed by atoms with van der Waals surface area (Å²) in [5.41, 5.74) is 0.903. The summed E-state index contributed by atoms with van der Waals surface area (Å²) in [6, 6.07) is 14.3. The fraction of sp³-hybridized carbons (Fsp3) is 0.172. The number of aliphatic hydroxyl groups excluding tert-OH is 1. The molecule has 6 rings (SSSR count). The minimum atomic E-state index is -1.13. The molecular formula is C29H22FN3O7S2. The highest BCUT2D eigenvalue weighted by molar-refractivity contribution is 8.00. The molecule has 1 saturated heterocycles. The lowest BCUT2D eigenvalue weighted by Gasteiger charge is -2.23. The molecule has 1 fully saturated rings. The van der Waals surface area contributed by atoms with Crippen LogP contribution in [0.4, 0.5) is 9.52 Å². The van der Waals surface area contributed by atoms with Gasteiger partial charge in [0.25, 0.3) is 5.78 Å². The minimum Gasteiger partial charge on any atom is -0.507 e. The maximum atomic E-state index is 14.1. The van der Waals surface area contributed by atoms with Crippen molar-refractivity contribution in [3.05, 3.63) is 88.7 Å². The number of rotatable bonds is 7. The molecule has 42 heavy (non-hydrogen) atoms. The summed E-state index contributed by atoms with van der Waals surface area (Å²) in [6.07, 6.45) is 0. The molecule has 0 aliphatic carbocycles. The van der Waals surface area contributed by atoms with Gasteiger partial charge in [-0.2, -0.15) is 0 Å². The molecule has 3 heterocycles. The van der Waals surface area contributed by atoms with Crippen LogP contribution in [-0.2, 0) is 15.3 Å². The number of Topliss-reactive ketones (excluding diaryl/α,β-unsaturated/α-hetero) is 1. The molecule has 2 aliphatic heterocycles. The standard InChI is InChI=1S/C29H22FN3O7S2/c1-38-21-12-15(6-8-19(21)34)24-23(25(35)16-7-9-20-22(13-16)40-11-10-39-20)26(36)27(37)33(24)28-31-32-29(42-28)41-14-17-4-2-3-5-18(17)30/h2-9,12-13,24,34-35H,10-11,14H2,1H3/b25-23+. The Morgan fingerprint density at radius 1 is 1.10 bits per heavy atom. The molecule has 10 nitrogen and oxygen atoms in total. The number of carbonyl (C=O) groups is 2. The highest BCUT2D eigenvalue weighted by Gasteiger charge is 2.48. The highest BCUT2D eigenvalue weighted by Crippen LogP contribution is 2.46. The third-order valence-electron chi connectivity index (χ3n) is 6.69. The van der Waals surface area contributed by atoms with Crippen molar-refractivity contribution in [1.82, 2.24) is 10.2 Å². The predicted octanol–water partition coefficient (Wildman–Crippen LogP) is 5.08. The monoisotopic (exact) mass is 607 g/mol. The average Bonchev–Trinajstić information content (AvgIpc) is 3.58. The van der Waals surface area contributed by atoms with Crippen molar-refractivity contribution in [2.45, 2.75) is 16.1 Å². The lowest BCUT2D eigenvalue weighted by molar-refractivity contribution is -0.132. The van der Waals surface area contributed by atoms with Crippen LogP contribution in [0.25, 0.3) is 5.76 Å². The van der Waals surface area contributed by atoms with Crippen molar-refractivity contribution < 1.29 is 38.4 Å². The quantitative estimate of drug-likeness (QED) is 0.0964. The number of thioether (sulfide) groups is 1. The zero-order valence-electron chi connectivity index (χ0n) is 21.9. The van der Waals surface area contributed by atoms with Crippen LogP contribution in [0.3, 0.4) is 0 Å². The Morgan fingerprint density at radius 2 is 1.88 bits per heavy atom. The van der Waals surface area contributed by atoms with E-state index in [4.69, 9.17) is 14.2 Å². The number of nitrogens with zero attached hydrogens (tertiary/aromatic N) is 3. The van der Waals surface area contributed by atoms with Crippen LogP contribution in [0.1, 0.15) is 22.7 Å². The number of halogens is 1. The van der Waals surface area contributed by atoms with Crippen LogP contribution in [-0.4, -0.2) is 52.4 Å². The SMILES string of the molecule is COc1cc(C2/C(=C(\O)c3ccc4c(c3)OCCO4)C(=O)C(=O)N2c2nnc(SCc3ccccc3F)s2)ccc1O. The topological polar surface area (TPSA) is 131 Å². The number of phenols is 1. The molecule has 0 bridgehead atoms. The summed E-state index contributed by atoms with van der Waals surface area (Å²) in [7, 11) is 1.37. The van der Waals surface area contributed by atoms with Crippen molar-refractivity contribution in [3.63, 3.8) is 0 Å². The zero-order valence-corrected chi connectivity index (χ0v) is 23.6. The van der Waals surface area contributed by atoms with E-state index < -0.39 is 23.5 Å². The number of ketones is 1. The van der Waals surface area contributed by atoms with Crippen molar-refractivity contribution >= 4 is 45.7 Å². The third-order valence-corrected chi connectivity index (χ3v) is 8.80. The molecule has 3 aromatic carbocycles. The van der Waals surface area contributed by atoms with Gasteiger partial charge in [-0.1, -0.05) is 47.4 Å². The molecule has 1 aromatic heterocycles. The molecule has 1 atom stereocenters. The van der Waals surface area contributed by atoms with Crippen molar-refractivity contribution in [3.8, 4) is 23.0 Å². The Kier molecular flexibility index (Phi) is 7.43. The molecule has 0 saturated carbocycles. The summed E-state index contributed by atoms with van der Waals surface area (Å²) in [5.74, 6) is -1.51. The van der Waals surface area contributed by atoms with E-state index in [1.807, 2.05) is 0 Å². The van der Waals surface area contributed by atoms with Crippen molar-refractivity contribution in [1.29, 1.82) is 0 Å². The van der Waals surface area contributed by atoms with Gasteiger partial charge in [-0.3, -0.25) is 14.5 Å². The lowest BCUT2D eigenvalue weighted by Crippen LogP contribution is -2.29. The number of amides is 1. The maximum absolute atomic E-state index is 14.1. The number of hydrogen-bond acceptors (Lipinski definition) is 11. The fourth-order valence-electron chi connectivity index (χ4n) is 4.67. The minimum absolute atomic E-state index is 0.103. The van der Waals surface area contributed by atoms with Gasteiger partial charge >= 0.3 is 5.91 Å². The van der Waals surface area contributed by atoms with E-state index in [9.17, 15) is 24.2 Å². The van der Waals surface area contributed by atoms with Gasteiger partial charge in [-0.15, -0.1) is 10.2 Å². The number of carbonyl (C=O) groups excluding carboxylic acids is 2. The largest absolute Gasteiger partial charge is 0.507 e. The molecule has 0 radical (unpaired) electrons. The molecule has 214 valence electrons. The second-order valence-electron chi connectivity index (χ2n) is 9.19. The Balaban J connectivity index is 1.42. The summed E-state index contributed by atoms with van der Waals surface area (Å²) >= 11 is 2.28. The van der Waals surface area contributed by atoms with E-state index in [0.29, 0.717) is 40.2 Å². The number of benzene rings is 3. The third kappa shape index (κ3) is 5.01. The molecule has 4 aromatic rings. The Bertz CT molecular complexity index is 1740. The van der Waals surface area contributed by atoms with Crippen LogP contribution in [0.5, 0.6) is 23.0 Å². The van der Waals surface area contributed by atoms with Gasteiger partial charge in [0.1, 0.15) is 24.8 Å². The van der Waals surface area contributed by atoms with Gasteiger partial charge < -0.3 is 24.4 Å². The van der Waals surface area contributed by atoms with Crippen LogP contribution in [0, 0.1) is 5.82 Å². The number of hydrogen-bond donors (Lipinski definition) is 2. The molecular weight excluding hydrogens is 585 g/mol. The average molecular weight is 608 g/mol. The van der Waals surface area contributed by atoms with Crippen molar-refractivity contribution in [2.75, 3.05) is 25.2 Å². The Hall–Kier alpha value is -4.62. The summed E-state index contributed by atoms with van der Waals surface area (Å²) in [6.45, 7) is 0.706. The van der Waals surface area contributed by atoms with Crippen LogP contribution in [0.2, 0.25) is 0 Å². The number of aromatic nitrogens is 2. The number of phenolic OH excluding ortho intramolecular Hbond substituents is 1. The van der Waals surface area contributed by atoms with Gasteiger partial charge in [0.15, 0.2) is 27.3 Å². The first-order valence-corrected chi connectivity index (χ1v) is 14.4. The van der Waals surface area contributed by atoms with E-state index in [1.165, 1.54) is 49.2 Å². The maximum Gasteiger partial charge on any atom is 0.301 e. The predicted molar refractivity (Wildman–Crippen MR) is 153 cm³/mol. The molecule has 1 unspecified atom stereocenters. The summed E-state index contributed by atoms with van der Waals surface area (Å²) in [4.78, 5) is 28.2. The molecule has 1 amide bonds. The number of fused-ring (bicyclic) bond motifs is 1. The molecule has 2 aliphatic rings. The Morgan fingerprint density at radius 3 is 2.67 bits per heavy atom. The number of aromatic hydroxyl groups is 1. The Labute approximate surface area is 247 Å². The first-order chi connectivity index (χ1) is 20.4. The summed E-state index contributed by atoms with van der Waals surface area (Å²) in [5, 5.41) is 30.1. The molecule has 13 heteroatoms. The van der Waals surface area contributed by atoms with Crippen LogP contribution in [0.15, 0.2) is 70.6 Å². The number of aliphatic hydroxyl groups is 1. The van der Waals surface area contributed by atoms with E-state index in [1.54, 1.807) is 30.3 Å². The lowest BCUT2D eigenvalue weighted by atomic mass is 9.95. The normalized spacial score (nSPS) is 17.5. The van der Waals surface area contributed by atoms with E-state index >= 15 is 0 Å². The van der Waals surface area contributed by atoms with Gasteiger partial charge in [0.05, 0.1) is 18.7 Å². The zero-order chi connectivity index (χ0) is 29.4. The highest BCUT2D eigenvalue weighted by atomic mass is 32.2. The van der Waals surface area contributed by atoms with Crippen LogP contribution >= 0.6 is 23.1 Å². The first kappa shape index (κ1) is 27.5. The number of ether oxygens (including phenoxy) is 3. The van der Waals surface area contributed by atoms with Gasteiger partial charge in [0, 0.05) is 11.3 Å². The fourth-order valence-corrected chi connectivity index (χ4v) is 6.52. The van der Waals surface area contributed by atoms with Crippen molar-refractivity contribution in [2.24, 2.45) is 0 Å². The smallest absolute Gasteiger partial charge is 0.301 e. The van der Waals surface area contributed by atoms with Crippen LogP contribution < -0.4 is 19.1 Å². The van der Waals surface area contributed by atoms with Gasteiger partial charge in [-0.05, 0) is 47.5 Å². The summed E-state index contributed by atoms with van der Waals surface area (Å²) < 4.78 is 31.0. The second kappa shape index (κ2) is 11.3. The molecule has 2 N–H and O–H groups in total. The first-order valence-electron chi connectivity index (χ1n) is 12.6. The second-order valence-corrected chi connectivity index (χ2v) is 11.4. The van der Waals surface area contributed by atoms with Gasteiger partial charge in [0.2, 0.25) is 5.13 Å². The van der Waals surface area contributed by atoms with E-state index in [0.717, 1.165) is 16.2 Å². The van der Waals surface area contributed by atoms with E-state index in [-0.39, 0.29) is 39.3 Å². The molecule has 0 spiro atoms. The number of methoxy groups -OCH3 is 1. The van der Waals surface area contributed by atoms with Gasteiger partial charge in [-0.25, -0.2) is 4.39 Å².